The first kappa shape index (κ1) is 16.5. The van der Waals surface area contributed by atoms with Crippen molar-refractivity contribution in [3.05, 3.63) is 29.8 Å². The summed E-state index contributed by atoms with van der Waals surface area (Å²) in [6.45, 7) is 4.67. The maximum absolute atomic E-state index is 12.1. The molecule has 2 amide bonds. The predicted molar refractivity (Wildman–Crippen MR) is 84.6 cm³/mol. The van der Waals surface area contributed by atoms with E-state index in [1.165, 1.54) is 0 Å². The van der Waals surface area contributed by atoms with Gasteiger partial charge in [0, 0.05) is 29.9 Å². The van der Waals surface area contributed by atoms with E-state index in [0.717, 1.165) is 12.8 Å². The van der Waals surface area contributed by atoms with Crippen molar-refractivity contribution in [1.82, 2.24) is 5.32 Å². The van der Waals surface area contributed by atoms with Crippen LogP contribution in [0.3, 0.4) is 0 Å². The van der Waals surface area contributed by atoms with Gasteiger partial charge in [-0.2, -0.15) is 0 Å². The van der Waals surface area contributed by atoms with Gasteiger partial charge in [-0.25, -0.2) is 0 Å². The summed E-state index contributed by atoms with van der Waals surface area (Å²) < 4.78 is 5.34. The lowest BCUT2D eigenvalue weighted by Crippen LogP contribution is -2.45. The molecule has 0 spiro atoms. The monoisotopic (exact) mass is 305 g/mol. The van der Waals surface area contributed by atoms with Crippen LogP contribution in [0.25, 0.3) is 0 Å². The predicted octanol–water partition coefficient (Wildman–Crippen LogP) is 1.27. The highest BCUT2D eigenvalue weighted by molar-refractivity contribution is 5.98. The lowest BCUT2D eigenvalue weighted by atomic mass is 10.1. The molecule has 6 nitrogen and oxygen atoms in total. The number of amides is 2. The zero-order valence-electron chi connectivity index (χ0n) is 13.0. The third-order valence-electron chi connectivity index (χ3n) is 3.32. The van der Waals surface area contributed by atoms with E-state index in [4.69, 9.17) is 10.5 Å². The highest BCUT2D eigenvalue weighted by Crippen LogP contribution is 2.16. The molecule has 0 bridgehead atoms. The average Bonchev–Trinajstić information content (AvgIpc) is 2.98. The summed E-state index contributed by atoms with van der Waals surface area (Å²) in [7, 11) is 0. The number of hydrogen-bond acceptors (Lipinski definition) is 4. The summed E-state index contributed by atoms with van der Waals surface area (Å²) in [6.07, 6.45) is 1.24. The molecule has 1 fully saturated rings. The zero-order valence-corrected chi connectivity index (χ0v) is 13.0. The van der Waals surface area contributed by atoms with Crippen molar-refractivity contribution in [1.29, 1.82) is 0 Å². The molecule has 1 aliphatic rings. The van der Waals surface area contributed by atoms with Crippen molar-refractivity contribution in [3.63, 3.8) is 0 Å². The molecule has 1 atom stereocenters. The molecule has 1 unspecified atom stereocenters. The molecule has 2 rings (SSSR count). The number of benzene rings is 1. The second kappa shape index (κ2) is 6.89. The smallest absolute Gasteiger partial charge is 0.253 e. The molecule has 0 radical (unpaired) electrons. The summed E-state index contributed by atoms with van der Waals surface area (Å²) in [4.78, 5) is 24.1. The van der Waals surface area contributed by atoms with E-state index in [1.807, 2.05) is 13.8 Å². The largest absolute Gasteiger partial charge is 0.368 e. The van der Waals surface area contributed by atoms with Crippen LogP contribution in [0, 0.1) is 0 Å². The number of hydrogen-bond donors (Lipinski definition) is 3. The van der Waals surface area contributed by atoms with Crippen LogP contribution in [0.15, 0.2) is 24.3 Å². The number of carbonyl (C=O) groups is 2. The Hall–Kier alpha value is -1.92. The van der Waals surface area contributed by atoms with Crippen molar-refractivity contribution in [2.75, 3.05) is 18.5 Å². The average molecular weight is 305 g/mol. The fourth-order valence-electron chi connectivity index (χ4n) is 2.16. The fraction of sp³-hybridized carbons (Fsp3) is 0.500. The third-order valence-corrected chi connectivity index (χ3v) is 3.32. The summed E-state index contributed by atoms with van der Waals surface area (Å²) >= 11 is 0. The van der Waals surface area contributed by atoms with Crippen molar-refractivity contribution < 1.29 is 14.3 Å². The SMILES string of the molecule is CC(C)(N)CNC(=O)c1cccc(NC(=O)C2CCCO2)c1. The van der Waals surface area contributed by atoms with Crippen LogP contribution in [0.1, 0.15) is 37.0 Å². The second-order valence-electron chi connectivity index (χ2n) is 6.24. The minimum Gasteiger partial charge on any atom is -0.368 e. The Kier molecular flexibility index (Phi) is 5.15. The highest BCUT2D eigenvalue weighted by Gasteiger charge is 2.23. The Morgan fingerprint density at radius 3 is 2.82 bits per heavy atom. The van der Waals surface area contributed by atoms with Crippen LogP contribution in [0.4, 0.5) is 5.69 Å². The summed E-state index contributed by atoms with van der Waals surface area (Å²) in [6, 6.07) is 6.82. The second-order valence-corrected chi connectivity index (χ2v) is 6.24. The van der Waals surface area contributed by atoms with Crippen LogP contribution in [0.5, 0.6) is 0 Å². The van der Waals surface area contributed by atoms with E-state index < -0.39 is 11.6 Å². The summed E-state index contributed by atoms with van der Waals surface area (Å²) in [5, 5.41) is 5.56. The Morgan fingerprint density at radius 2 is 2.18 bits per heavy atom. The molecule has 120 valence electrons. The topological polar surface area (TPSA) is 93.5 Å². The maximum atomic E-state index is 12.1. The molecule has 22 heavy (non-hydrogen) atoms. The van der Waals surface area contributed by atoms with E-state index in [-0.39, 0.29) is 11.8 Å². The van der Waals surface area contributed by atoms with Gasteiger partial charge in [0.15, 0.2) is 0 Å². The van der Waals surface area contributed by atoms with Gasteiger partial charge in [-0.1, -0.05) is 6.07 Å². The third kappa shape index (κ3) is 4.82. The quantitative estimate of drug-likeness (QED) is 0.763. The van der Waals surface area contributed by atoms with Gasteiger partial charge >= 0.3 is 0 Å². The van der Waals surface area contributed by atoms with Gasteiger partial charge in [0.2, 0.25) is 0 Å². The van der Waals surface area contributed by atoms with Gasteiger partial charge in [0.1, 0.15) is 6.10 Å². The van der Waals surface area contributed by atoms with Gasteiger partial charge in [0.05, 0.1) is 0 Å². The van der Waals surface area contributed by atoms with Crippen LogP contribution in [0.2, 0.25) is 0 Å². The Morgan fingerprint density at radius 1 is 1.41 bits per heavy atom. The summed E-state index contributed by atoms with van der Waals surface area (Å²) in [5.41, 5.74) is 6.44. The van der Waals surface area contributed by atoms with Crippen molar-refractivity contribution in [2.45, 2.75) is 38.3 Å². The van der Waals surface area contributed by atoms with Crippen LogP contribution in [-0.2, 0) is 9.53 Å². The highest BCUT2D eigenvalue weighted by atomic mass is 16.5. The summed E-state index contributed by atoms with van der Waals surface area (Å²) in [5.74, 6) is -0.384. The van der Waals surface area contributed by atoms with Crippen LogP contribution in [-0.4, -0.2) is 36.6 Å². The van der Waals surface area contributed by atoms with E-state index in [9.17, 15) is 9.59 Å². The minimum atomic E-state index is -0.471. The Balaban J connectivity index is 1.97. The van der Waals surface area contributed by atoms with Crippen LogP contribution >= 0.6 is 0 Å². The van der Waals surface area contributed by atoms with E-state index in [2.05, 4.69) is 10.6 Å². The van der Waals surface area contributed by atoms with Crippen molar-refractivity contribution >= 4 is 17.5 Å². The molecule has 1 aromatic carbocycles. The van der Waals surface area contributed by atoms with Crippen molar-refractivity contribution in [2.24, 2.45) is 5.73 Å². The van der Waals surface area contributed by atoms with E-state index in [1.54, 1.807) is 24.3 Å². The molecule has 0 aromatic heterocycles. The minimum absolute atomic E-state index is 0.168. The molecular formula is C16H23N3O3. The molecule has 1 aliphatic heterocycles. The first-order chi connectivity index (χ1) is 10.3. The van der Waals surface area contributed by atoms with E-state index in [0.29, 0.717) is 24.4 Å². The van der Waals surface area contributed by atoms with Gasteiger partial charge in [0.25, 0.3) is 11.8 Å². The molecule has 1 aromatic rings. The molecule has 1 saturated heterocycles. The van der Waals surface area contributed by atoms with Crippen molar-refractivity contribution in [3.8, 4) is 0 Å². The first-order valence-corrected chi connectivity index (χ1v) is 7.45. The maximum Gasteiger partial charge on any atom is 0.253 e. The number of carbonyl (C=O) groups excluding carboxylic acids is 2. The number of nitrogens with one attached hydrogen (secondary N) is 2. The number of anilines is 1. The van der Waals surface area contributed by atoms with Gasteiger partial charge in [-0.3, -0.25) is 9.59 Å². The number of nitrogens with two attached hydrogens (primary N) is 1. The molecule has 4 N–H and O–H groups in total. The Bertz CT molecular complexity index is 546. The van der Waals surface area contributed by atoms with Gasteiger partial charge < -0.3 is 21.1 Å². The zero-order chi connectivity index (χ0) is 16.2. The molecule has 6 heteroatoms. The molecule has 1 heterocycles. The lowest BCUT2D eigenvalue weighted by molar-refractivity contribution is -0.124. The Labute approximate surface area is 130 Å². The normalized spacial score (nSPS) is 18.0. The molecular weight excluding hydrogens is 282 g/mol. The fourth-order valence-corrected chi connectivity index (χ4v) is 2.16. The number of ether oxygens (including phenoxy) is 1. The van der Waals surface area contributed by atoms with Gasteiger partial charge in [-0.05, 0) is 44.9 Å². The number of rotatable bonds is 5. The lowest BCUT2D eigenvalue weighted by Gasteiger charge is -2.19. The van der Waals surface area contributed by atoms with Crippen LogP contribution < -0.4 is 16.4 Å². The molecule has 0 aliphatic carbocycles. The standard InChI is InChI=1S/C16H23N3O3/c1-16(2,17)10-18-14(20)11-5-3-6-12(9-11)19-15(21)13-7-4-8-22-13/h3,5-6,9,13H,4,7-8,10,17H2,1-2H3,(H,18,20)(H,19,21). The van der Waals surface area contributed by atoms with Gasteiger partial charge in [-0.15, -0.1) is 0 Å². The first-order valence-electron chi connectivity index (χ1n) is 7.45. The molecule has 0 saturated carbocycles. The van der Waals surface area contributed by atoms with E-state index >= 15 is 0 Å².